The Labute approximate surface area is 110 Å². The number of ether oxygens (including phenoxy) is 2. The number of ketones is 1. The molecular formula is C13H13ClO4. The van der Waals surface area contributed by atoms with Gasteiger partial charge in [0.15, 0.2) is 5.78 Å². The topological polar surface area (TPSA) is 52.6 Å². The number of hydrogen-bond donors (Lipinski definition) is 0. The lowest BCUT2D eigenvalue weighted by Gasteiger charge is -2.14. The van der Waals surface area contributed by atoms with Crippen LogP contribution in [0.4, 0.5) is 0 Å². The van der Waals surface area contributed by atoms with Crippen LogP contribution in [0.25, 0.3) is 0 Å². The average Bonchev–Trinajstić information content (AvgIpc) is 3.18. The van der Waals surface area contributed by atoms with Crippen molar-refractivity contribution in [3.63, 3.8) is 0 Å². The van der Waals surface area contributed by atoms with Gasteiger partial charge in [0.1, 0.15) is 11.2 Å². The van der Waals surface area contributed by atoms with Crippen LogP contribution >= 0.6 is 11.6 Å². The van der Waals surface area contributed by atoms with Gasteiger partial charge in [-0.3, -0.25) is 9.59 Å². The minimum absolute atomic E-state index is 0.284. The summed E-state index contributed by atoms with van der Waals surface area (Å²) in [7, 11) is 2.75. The van der Waals surface area contributed by atoms with E-state index in [1.807, 2.05) is 0 Å². The Hall–Kier alpha value is -1.55. The van der Waals surface area contributed by atoms with Crippen LogP contribution in [-0.2, 0) is 9.53 Å². The van der Waals surface area contributed by atoms with Crippen LogP contribution in [0.2, 0.25) is 5.02 Å². The van der Waals surface area contributed by atoms with Gasteiger partial charge in [0, 0.05) is 5.02 Å². The number of Topliss-reactive ketones (excluding diaryl/α,β-unsaturated/α-hetero) is 1. The molecule has 0 aromatic heterocycles. The van der Waals surface area contributed by atoms with Crippen molar-refractivity contribution < 1.29 is 19.1 Å². The molecule has 1 aliphatic carbocycles. The first-order valence-electron chi connectivity index (χ1n) is 5.52. The monoisotopic (exact) mass is 268 g/mol. The molecule has 0 radical (unpaired) electrons. The van der Waals surface area contributed by atoms with Gasteiger partial charge in [0.25, 0.3) is 0 Å². The van der Waals surface area contributed by atoms with Crippen molar-refractivity contribution in [3.05, 3.63) is 28.8 Å². The summed E-state index contributed by atoms with van der Waals surface area (Å²) in [6.07, 6.45) is 1.02. The van der Waals surface area contributed by atoms with Gasteiger partial charge in [-0.15, -0.1) is 0 Å². The highest BCUT2D eigenvalue weighted by Gasteiger charge is 2.58. The molecule has 0 heterocycles. The zero-order valence-electron chi connectivity index (χ0n) is 10.2. The maximum absolute atomic E-state index is 12.4. The van der Waals surface area contributed by atoms with E-state index < -0.39 is 11.4 Å². The van der Waals surface area contributed by atoms with E-state index in [2.05, 4.69) is 0 Å². The summed E-state index contributed by atoms with van der Waals surface area (Å²) in [6, 6.07) is 4.77. The lowest BCUT2D eigenvalue weighted by Crippen LogP contribution is -2.27. The van der Waals surface area contributed by atoms with Crippen molar-refractivity contribution >= 4 is 23.4 Å². The van der Waals surface area contributed by atoms with Crippen molar-refractivity contribution in [3.8, 4) is 5.75 Å². The molecule has 1 aromatic carbocycles. The Bertz CT molecular complexity index is 506. The summed E-state index contributed by atoms with van der Waals surface area (Å²) in [5, 5.41) is 0.430. The lowest BCUT2D eigenvalue weighted by atomic mass is 9.94. The van der Waals surface area contributed by atoms with Gasteiger partial charge in [0.2, 0.25) is 0 Å². The molecule has 1 fully saturated rings. The number of methoxy groups -OCH3 is 2. The molecule has 0 spiro atoms. The molecule has 0 bridgehead atoms. The molecule has 0 unspecified atom stereocenters. The van der Waals surface area contributed by atoms with E-state index in [4.69, 9.17) is 21.1 Å². The van der Waals surface area contributed by atoms with Crippen LogP contribution < -0.4 is 4.74 Å². The Morgan fingerprint density at radius 1 is 1.28 bits per heavy atom. The SMILES string of the molecule is COC(=O)C1(C(=O)c2cc(Cl)ccc2OC)CC1. The van der Waals surface area contributed by atoms with Crippen molar-refractivity contribution in [1.82, 2.24) is 0 Å². The number of rotatable bonds is 4. The Morgan fingerprint density at radius 2 is 1.94 bits per heavy atom. The number of benzene rings is 1. The summed E-state index contributed by atoms with van der Waals surface area (Å²) in [5.74, 6) is -0.359. The zero-order chi connectivity index (χ0) is 13.3. The van der Waals surface area contributed by atoms with Crippen LogP contribution in [0.1, 0.15) is 23.2 Å². The van der Waals surface area contributed by atoms with Crippen molar-refractivity contribution in [2.75, 3.05) is 14.2 Å². The third-order valence-corrected chi connectivity index (χ3v) is 3.40. The molecular weight excluding hydrogens is 256 g/mol. The van der Waals surface area contributed by atoms with Crippen molar-refractivity contribution in [1.29, 1.82) is 0 Å². The second-order valence-electron chi connectivity index (χ2n) is 4.25. The highest BCUT2D eigenvalue weighted by atomic mass is 35.5. The van der Waals surface area contributed by atoms with Gasteiger partial charge < -0.3 is 9.47 Å². The van der Waals surface area contributed by atoms with Gasteiger partial charge in [-0.1, -0.05) is 11.6 Å². The summed E-state index contributed by atoms with van der Waals surface area (Å²) >= 11 is 5.88. The molecule has 18 heavy (non-hydrogen) atoms. The first-order chi connectivity index (χ1) is 8.55. The van der Waals surface area contributed by atoms with Gasteiger partial charge in [-0.2, -0.15) is 0 Å². The summed E-state index contributed by atoms with van der Waals surface area (Å²) in [4.78, 5) is 24.1. The summed E-state index contributed by atoms with van der Waals surface area (Å²) in [6.45, 7) is 0. The molecule has 4 nitrogen and oxygen atoms in total. The van der Waals surface area contributed by atoms with E-state index in [1.54, 1.807) is 12.1 Å². The Kier molecular flexibility index (Phi) is 3.30. The number of carbonyl (C=O) groups excluding carboxylic acids is 2. The predicted molar refractivity (Wildman–Crippen MR) is 66.0 cm³/mol. The number of halogens is 1. The minimum Gasteiger partial charge on any atom is -0.496 e. The first kappa shape index (κ1) is 12.9. The minimum atomic E-state index is -1.04. The standard InChI is InChI=1S/C13H13ClO4/c1-17-10-4-3-8(14)7-9(10)11(15)13(5-6-13)12(16)18-2/h3-4,7H,5-6H2,1-2H3. The maximum Gasteiger partial charge on any atom is 0.319 e. The summed E-state index contributed by atoms with van der Waals surface area (Å²) < 4.78 is 9.82. The lowest BCUT2D eigenvalue weighted by molar-refractivity contribution is -0.145. The number of carbonyl (C=O) groups is 2. The molecule has 2 rings (SSSR count). The fraction of sp³-hybridized carbons (Fsp3) is 0.385. The normalized spacial score (nSPS) is 15.9. The molecule has 0 atom stereocenters. The van der Waals surface area contributed by atoms with Crippen LogP contribution in [-0.4, -0.2) is 26.0 Å². The second-order valence-corrected chi connectivity index (χ2v) is 4.68. The van der Waals surface area contributed by atoms with Crippen LogP contribution in [0.3, 0.4) is 0 Å². The molecule has 0 amide bonds. The van der Waals surface area contributed by atoms with E-state index in [9.17, 15) is 9.59 Å². The molecule has 0 aliphatic heterocycles. The average molecular weight is 269 g/mol. The smallest absolute Gasteiger partial charge is 0.319 e. The van der Waals surface area contributed by atoms with E-state index in [0.29, 0.717) is 29.2 Å². The molecule has 1 aromatic rings. The summed E-state index contributed by atoms with van der Waals surface area (Å²) in [5.41, 5.74) is -0.708. The largest absolute Gasteiger partial charge is 0.496 e. The number of esters is 1. The van der Waals surface area contributed by atoms with Gasteiger partial charge >= 0.3 is 5.97 Å². The molecule has 0 saturated heterocycles. The Morgan fingerprint density at radius 3 is 2.44 bits per heavy atom. The molecule has 96 valence electrons. The van der Waals surface area contributed by atoms with E-state index in [-0.39, 0.29) is 5.78 Å². The van der Waals surface area contributed by atoms with E-state index in [0.717, 1.165) is 0 Å². The van der Waals surface area contributed by atoms with Crippen molar-refractivity contribution in [2.45, 2.75) is 12.8 Å². The maximum atomic E-state index is 12.4. The fourth-order valence-corrected chi connectivity index (χ4v) is 2.13. The van der Waals surface area contributed by atoms with E-state index in [1.165, 1.54) is 20.3 Å². The molecule has 0 N–H and O–H groups in total. The molecule has 1 saturated carbocycles. The van der Waals surface area contributed by atoms with Gasteiger partial charge in [0.05, 0.1) is 19.8 Å². The number of hydrogen-bond acceptors (Lipinski definition) is 4. The predicted octanol–water partition coefficient (Wildman–Crippen LogP) is 2.48. The van der Waals surface area contributed by atoms with E-state index >= 15 is 0 Å². The first-order valence-corrected chi connectivity index (χ1v) is 5.90. The van der Waals surface area contributed by atoms with Gasteiger partial charge in [-0.05, 0) is 31.0 Å². The quantitative estimate of drug-likeness (QED) is 0.478. The highest BCUT2D eigenvalue weighted by molar-refractivity contribution is 6.31. The molecule has 1 aliphatic rings. The molecule has 5 heteroatoms. The zero-order valence-corrected chi connectivity index (χ0v) is 10.9. The van der Waals surface area contributed by atoms with Crippen LogP contribution in [0.15, 0.2) is 18.2 Å². The highest BCUT2D eigenvalue weighted by Crippen LogP contribution is 2.50. The van der Waals surface area contributed by atoms with Crippen molar-refractivity contribution in [2.24, 2.45) is 5.41 Å². The van der Waals surface area contributed by atoms with Gasteiger partial charge in [-0.25, -0.2) is 0 Å². The van der Waals surface area contributed by atoms with Crippen LogP contribution in [0.5, 0.6) is 5.75 Å². The third kappa shape index (κ3) is 1.97. The third-order valence-electron chi connectivity index (χ3n) is 3.17. The van der Waals surface area contributed by atoms with Crippen LogP contribution in [0, 0.1) is 5.41 Å². The second kappa shape index (κ2) is 4.61. The fourth-order valence-electron chi connectivity index (χ4n) is 1.96. The Balaban J connectivity index is 2.40.